The van der Waals surface area contributed by atoms with Gasteiger partial charge in [-0.3, -0.25) is 4.79 Å². The molecule has 0 aliphatic rings. The molecule has 4 rings (SSSR count). The van der Waals surface area contributed by atoms with Gasteiger partial charge >= 0.3 is 0 Å². The van der Waals surface area contributed by atoms with Crippen molar-refractivity contribution in [3.8, 4) is 17.1 Å². The molecule has 0 bridgehead atoms. The molecule has 1 aromatic heterocycles. The number of para-hydroxylation sites is 1. The second-order valence-electron chi connectivity index (χ2n) is 5.95. The summed E-state index contributed by atoms with van der Waals surface area (Å²) in [5, 5.41) is 7.66. The summed E-state index contributed by atoms with van der Waals surface area (Å²) < 4.78 is 2.61. The largest absolute Gasteiger partial charge is 0.318 e. The van der Waals surface area contributed by atoms with Crippen molar-refractivity contribution in [2.45, 2.75) is 0 Å². The smallest absolute Gasteiger partial charge is 0.295 e. The van der Waals surface area contributed by atoms with E-state index in [0.29, 0.717) is 16.5 Å². The molecule has 0 atom stereocenters. The summed E-state index contributed by atoms with van der Waals surface area (Å²) in [4.78, 5) is 17.2. The number of halogens is 2. The average Bonchev–Trinajstić information content (AvgIpc) is 3.16. The van der Waals surface area contributed by atoms with Crippen LogP contribution >= 0.6 is 27.5 Å². The first-order valence-corrected chi connectivity index (χ1v) is 9.63. The first kappa shape index (κ1) is 18.4. The number of hydrogen-bond donors (Lipinski definition) is 1. The van der Waals surface area contributed by atoms with E-state index in [-0.39, 0.29) is 5.82 Å². The van der Waals surface area contributed by atoms with Gasteiger partial charge < -0.3 is 5.32 Å². The summed E-state index contributed by atoms with van der Waals surface area (Å²) in [6, 6.07) is 24.3. The minimum absolute atomic E-state index is 0.0571. The van der Waals surface area contributed by atoms with Crippen LogP contribution in [0.4, 0.5) is 5.69 Å². The van der Waals surface area contributed by atoms with E-state index in [9.17, 15) is 4.79 Å². The van der Waals surface area contributed by atoms with Crippen LogP contribution in [0.3, 0.4) is 0 Å². The van der Waals surface area contributed by atoms with Gasteiger partial charge in [-0.15, -0.1) is 5.10 Å². The molecule has 1 amide bonds. The minimum atomic E-state index is -0.429. The molecule has 0 aliphatic carbocycles. The molecular formula is C21H14BrClN4O. The highest BCUT2D eigenvalue weighted by Crippen LogP contribution is 2.24. The van der Waals surface area contributed by atoms with Gasteiger partial charge in [-0.05, 0) is 36.4 Å². The topological polar surface area (TPSA) is 59.8 Å². The van der Waals surface area contributed by atoms with Crippen molar-refractivity contribution in [2.24, 2.45) is 0 Å². The first-order chi connectivity index (χ1) is 13.6. The maximum Gasteiger partial charge on any atom is 0.295 e. The fourth-order valence-corrected chi connectivity index (χ4v) is 3.13. The SMILES string of the molecule is O=C(Nc1ccccc1Cl)c1nc(-c2ccccc2)n(-c2ccc(Br)cc2)n1. The van der Waals surface area contributed by atoms with Crippen LogP contribution in [0.25, 0.3) is 17.1 Å². The van der Waals surface area contributed by atoms with Gasteiger partial charge in [0.05, 0.1) is 16.4 Å². The molecule has 1 N–H and O–H groups in total. The number of nitrogens with one attached hydrogen (secondary N) is 1. The van der Waals surface area contributed by atoms with Gasteiger partial charge in [0.2, 0.25) is 5.82 Å². The van der Waals surface area contributed by atoms with Gasteiger partial charge in [0, 0.05) is 10.0 Å². The Morgan fingerprint density at radius 1 is 0.929 bits per heavy atom. The lowest BCUT2D eigenvalue weighted by molar-refractivity contribution is 0.101. The van der Waals surface area contributed by atoms with E-state index < -0.39 is 5.91 Å². The van der Waals surface area contributed by atoms with Crippen molar-refractivity contribution in [3.05, 3.63) is 94.2 Å². The normalized spacial score (nSPS) is 10.6. The molecule has 0 saturated carbocycles. The second kappa shape index (κ2) is 7.96. The fraction of sp³-hybridized carbons (Fsp3) is 0. The number of nitrogens with zero attached hydrogens (tertiary/aromatic N) is 3. The van der Waals surface area contributed by atoms with Crippen LogP contribution in [0, 0.1) is 0 Å². The Hall–Kier alpha value is -2.96. The van der Waals surface area contributed by atoms with E-state index in [4.69, 9.17) is 11.6 Å². The lowest BCUT2D eigenvalue weighted by Crippen LogP contribution is -2.14. The predicted molar refractivity (Wildman–Crippen MR) is 114 cm³/mol. The van der Waals surface area contributed by atoms with Gasteiger partial charge in [0.25, 0.3) is 5.91 Å². The highest BCUT2D eigenvalue weighted by atomic mass is 79.9. The van der Waals surface area contributed by atoms with E-state index in [0.717, 1.165) is 15.7 Å². The van der Waals surface area contributed by atoms with Crippen LogP contribution in [0.15, 0.2) is 83.3 Å². The van der Waals surface area contributed by atoms with Gasteiger partial charge in [-0.1, -0.05) is 70.0 Å². The van der Waals surface area contributed by atoms with Crippen LogP contribution < -0.4 is 5.32 Å². The Morgan fingerprint density at radius 2 is 1.61 bits per heavy atom. The fourth-order valence-electron chi connectivity index (χ4n) is 2.69. The van der Waals surface area contributed by atoms with Crippen molar-refractivity contribution >= 4 is 39.1 Å². The summed E-state index contributed by atoms with van der Waals surface area (Å²) in [5.74, 6) is 0.204. The zero-order valence-electron chi connectivity index (χ0n) is 14.5. The molecule has 5 nitrogen and oxygen atoms in total. The molecule has 1 heterocycles. The molecule has 4 aromatic rings. The third-order valence-corrected chi connectivity index (χ3v) is 4.89. The summed E-state index contributed by atoms with van der Waals surface area (Å²) in [5.41, 5.74) is 2.16. The number of rotatable bonds is 4. The van der Waals surface area contributed by atoms with Crippen molar-refractivity contribution in [3.63, 3.8) is 0 Å². The van der Waals surface area contributed by atoms with Crippen molar-refractivity contribution in [2.75, 3.05) is 5.32 Å². The average molecular weight is 454 g/mol. The molecular weight excluding hydrogens is 440 g/mol. The Morgan fingerprint density at radius 3 is 2.32 bits per heavy atom. The quantitative estimate of drug-likeness (QED) is 0.437. The van der Waals surface area contributed by atoms with E-state index in [1.165, 1.54) is 0 Å². The van der Waals surface area contributed by atoms with Gasteiger partial charge in [0.15, 0.2) is 5.82 Å². The molecule has 138 valence electrons. The number of hydrogen-bond acceptors (Lipinski definition) is 3. The Balaban J connectivity index is 1.76. The molecule has 3 aromatic carbocycles. The number of amides is 1. The van der Waals surface area contributed by atoms with Crippen LogP contribution in [0.5, 0.6) is 0 Å². The van der Waals surface area contributed by atoms with Crippen molar-refractivity contribution in [1.29, 1.82) is 0 Å². The van der Waals surface area contributed by atoms with Crippen LogP contribution in [-0.4, -0.2) is 20.7 Å². The Kier molecular flexibility index (Phi) is 5.23. The van der Waals surface area contributed by atoms with E-state index in [2.05, 4.69) is 31.3 Å². The highest BCUT2D eigenvalue weighted by molar-refractivity contribution is 9.10. The number of benzene rings is 3. The molecule has 0 unspecified atom stereocenters. The van der Waals surface area contributed by atoms with E-state index in [1.807, 2.05) is 54.6 Å². The summed E-state index contributed by atoms with van der Waals surface area (Å²) in [7, 11) is 0. The summed E-state index contributed by atoms with van der Waals surface area (Å²) in [6.45, 7) is 0. The molecule has 0 fully saturated rings. The van der Waals surface area contributed by atoms with Crippen LogP contribution in [0.1, 0.15) is 10.6 Å². The monoisotopic (exact) mass is 452 g/mol. The number of anilines is 1. The zero-order chi connectivity index (χ0) is 19.5. The maximum absolute atomic E-state index is 12.7. The standard InChI is InChI=1S/C21H14BrClN4O/c22-15-10-12-16(13-11-15)27-20(14-6-2-1-3-7-14)25-19(26-27)21(28)24-18-9-5-4-8-17(18)23/h1-13H,(H,24,28). The van der Waals surface area contributed by atoms with Crippen LogP contribution in [0.2, 0.25) is 5.02 Å². The predicted octanol–water partition coefficient (Wildman–Crippen LogP) is 5.60. The van der Waals surface area contributed by atoms with Crippen molar-refractivity contribution < 1.29 is 4.79 Å². The molecule has 0 spiro atoms. The lowest BCUT2D eigenvalue weighted by atomic mass is 10.2. The molecule has 0 radical (unpaired) electrons. The molecule has 0 aliphatic heterocycles. The number of aromatic nitrogens is 3. The van der Waals surface area contributed by atoms with Gasteiger partial charge in [-0.25, -0.2) is 9.67 Å². The second-order valence-corrected chi connectivity index (χ2v) is 7.27. The zero-order valence-corrected chi connectivity index (χ0v) is 16.9. The number of carbonyl (C=O) groups is 1. The van der Waals surface area contributed by atoms with Gasteiger partial charge in [0.1, 0.15) is 0 Å². The molecule has 28 heavy (non-hydrogen) atoms. The van der Waals surface area contributed by atoms with E-state index in [1.54, 1.807) is 28.9 Å². The number of carbonyl (C=O) groups excluding carboxylic acids is 1. The molecule has 0 saturated heterocycles. The van der Waals surface area contributed by atoms with Crippen molar-refractivity contribution in [1.82, 2.24) is 14.8 Å². The van der Waals surface area contributed by atoms with E-state index >= 15 is 0 Å². The maximum atomic E-state index is 12.7. The Labute approximate surface area is 175 Å². The lowest BCUT2D eigenvalue weighted by Gasteiger charge is -2.06. The highest BCUT2D eigenvalue weighted by Gasteiger charge is 2.19. The molecule has 7 heteroatoms. The third kappa shape index (κ3) is 3.83. The first-order valence-electron chi connectivity index (χ1n) is 8.46. The minimum Gasteiger partial charge on any atom is -0.318 e. The van der Waals surface area contributed by atoms with Gasteiger partial charge in [-0.2, -0.15) is 0 Å². The van der Waals surface area contributed by atoms with Crippen LogP contribution in [-0.2, 0) is 0 Å². The Bertz CT molecular complexity index is 1130. The summed E-state index contributed by atoms with van der Waals surface area (Å²) in [6.07, 6.45) is 0. The third-order valence-electron chi connectivity index (χ3n) is 4.04. The summed E-state index contributed by atoms with van der Waals surface area (Å²) >= 11 is 9.57.